The fraction of sp³-hybridized carbons (Fsp3) is 0.263. The van der Waals surface area contributed by atoms with E-state index in [4.69, 9.17) is 0 Å². The number of amides is 1. The highest BCUT2D eigenvalue weighted by atomic mass is 32.2. The molecule has 2 aromatic heterocycles. The van der Waals surface area contributed by atoms with Crippen LogP contribution in [0.1, 0.15) is 19.4 Å². The van der Waals surface area contributed by atoms with Crippen molar-refractivity contribution in [1.82, 2.24) is 19.9 Å². The number of benzene rings is 1. The molecule has 3 aromatic rings. The Balaban J connectivity index is 2.07. The van der Waals surface area contributed by atoms with Crippen molar-refractivity contribution in [1.29, 1.82) is 0 Å². The standard InChI is InChI=1S/C19H20N4O2S/c1-12(2)21-17(24)11-26-19-22-15-7-5-4-6-14(15)18(25)23(19)16-9-8-13(3)10-20-16/h4-10,12H,11H2,1-3H3,(H,21,24). The lowest BCUT2D eigenvalue weighted by Gasteiger charge is -2.13. The quantitative estimate of drug-likeness (QED) is 0.553. The van der Waals surface area contributed by atoms with Gasteiger partial charge in [0, 0.05) is 12.2 Å². The maximum atomic E-state index is 13.0. The first-order valence-corrected chi connectivity index (χ1v) is 9.31. The molecular weight excluding hydrogens is 348 g/mol. The predicted octanol–water partition coefficient (Wildman–Crippen LogP) is 2.71. The topological polar surface area (TPSA) is 76.9 Å². The van der Waals surface area contributed by atoms with Crippen LogP contribution in [-0.4, -0.2) is 32.2 Å². The molecule has 134 valence electrons. The summed E-state index contributed by atoms with van der Waals surface area (Å²) in [7, 11) is 0. The summed E-state index contributed by atoms with van der Waals surface area (Å²) in [5.74, 6) is 0.566. The summed E-state index contributed by atoms with van der Waals surface area (Å²) in [6.45, 7) is 5.75. The van der Waals surface area contributed by atoms with E-state index in [1.807, 2.05) is 32.9 Å². The van der Waals surface area contributed by atoms with Crippen molar-refractivity contribution < 1.29 is 4.79 Å². The number of thioether (sulfide) groups is 1. The number of fused-ring (bicyclic) bond motifs is 1. The molecule has 0 fully saturated rings. The van der Waals surface area contributed by atoms with Crippen molar-refractivity contribution in [3.05, 3.63) is 58.5 Å². The average Bonchev–Trinajstić information content (AvgIpc) is 2.61. The fourth-order valence-corrected chi connectivity index (χ4v) is 3.31. The zero-order valence-corrected chi connectivity index (χ0v) is 15.7. The minimum absolute atomic E-state index is 0.0635. The number of aromatic nitrogens is 3. The third kappa shape index (κ3) is 3.94. The highest BCUT2D eigenvalue weighted by Gasteiger charge is 2.15. The Morgan fingerprint density at radius 1 is 1.23 bits per heavy atom. The Bertz CT molecular complexity index is 997. The molecule has 0 unspecified atom stereocenters. The summed E-state index contributed by atoms with van der Waals surface area (Å²) < 4.78 is 1.47. The Labute approximate surface area is 155 Å². The minimum atomic E-state index is -0.196. The fourth-order valence-electron chi connectivity index (χ4n) is 2.50. The van der Waals surface area contributed by atoms with Gasteiger partial charge in [0.1, 0.15) is 5.82 Å². The van der Waals surface area contributed by atoms with Gasteiger partial charge in [0.15, 0.2) is 5.16 Å². The van der Waals surface area contributed by atoms with E-state index in [0.29, 0.717) is 21.9 Å². The second kappa shape index (κ2) is 7.70. The van der Waals surface area contributed by atoms with E-state index in [0.717, 1.165) is 5.56 Å². The number of nitrogens with one attached hydrogen (secondary N) is 1. The Morgan fingerprint density at radius 2 is 2.00 bits per heavy atom. The molecule has 1 aromatic carbocycles. The zero-order chi connectivity index (χ0) is 18.7. The van der Waals surface area contributed by atoms with Crippen LogP contribution in [0.15, 0.2) is 52.5 Å². The summed E-state index contributed by atoms with van der Waals surface area (Å²) in [6, 6.07) is 10.9. The van der Waals surface area contributed by atoms with Crippen LogP contribution in [0, 0.1) is 6.92 Å². The number of hydrogen-bond acceptors (Lipinski definition) is 5. The molecule has 0 bridgehead atoms. The van der Waals surface area contributed by atoms with Crippen LogP contribution >= 0.6 is 11.8 Å². The maximum absolute atomic E-state index is 13.0. The number of pyridine rings is 1. The molecule has 0 aliphatic heterocycles. The second-order valence-corrected chi connectivity index (χ2v) is 7.20. The lowest BCUT2D eigenvalue weighted by molar-refractivity contribution is -0.119. The lowest BCUT2D eigenvalue weighted by Crippen LogP contribution is -2.32. The first-order valence-electron chi connectivity index (χ1n) is 8.32. The molecule has 0 aliphatic rings. The molecule has 3 rings (SSSR count). The summed E-state index contributed by atoms with van der Waals surface area (Å²) in [4.78, 5) is 34.0. The second-order valence-electron chi connectivity index (χ2n) is 6.26. The predicted molar refractivity (Wildman–Crippen MR) is 104 cm³/mol. The molecule has 0 radical (unpaired) electrons. The molecule has 7 heteroatoms. The molecule has 1 N–H and O–H groups in total. The average molecular weight is 368 g/mol. The van der Waals surface area contributed by atoms with Crippen molar-refractivity contribution >= 4 is 28.6 Å². The molecule has 0 aliphatic carbocycles. The van der Waals surface area contributed by atoms with Gasteiger partial charge in [-0.3, -0.25) is 9.59 Å². The highest BCUT2D eigenvalue weighted by molar-refractivity contribution is 7.99. The van der Waals surface area contributed by atoms with Crippen LogP contribution in [0.5, 0.6) is 0 Å². The largest absolute Gasteiger partial charge is 0.353 e. The van der Waals surface area contributed by atoms with E-state index in [2.05, 4.69) is 15.3 Å². The smallest absolute Gasteiger partial charge is 0.267 e. The summed E-state index contributed by atoms with van der Waals surface area (Å²) in [5.41, 5.74) is 1.41. The molecule has 1 amide bonds. The SMILES string of the molecule is Cc1ccc(-n2c(SCC(=O)NC(C)C)nc3ccccc3c2=O)nc1. The molecule has 26 heavy (non-hydrogen) atoms. The molecule has 0 spiro atoms. The van der Waals surface area contributed by atoms with Crippen molar-refractivity contribution in [2.45, 2.75) is 32.0 Å². The van der Waals surface area contributed by atoms with Gasteiger partial charge < -0.3 is 5.32 Å². The van der Waals surface area contributed by atoms with Crippen molar-refractivity contribution in [2.75, 3.05) is 5.75 Å². The molecule has 0 atom stereocenters. The van der Waals surface area contributed by atoms with E-state index in [-0.39, 0.29) is 23.3 Å². The van der Waals surface area contributed by atoms with Gasteiger partial charge in [0.2, 0.25) is 5.91 Å². The number of hydrogen-bond donors (Lipinski definition) is 1. The first-order chi connectivity index (χ1) is 12.5. The van der Waals surface area contributed by atoms with E-state index >= 15 is 0 Å². The molecule has 0 saturated carbocycles. The highest BCUT2D eigenvalue weighted by Crippen LogP contribution is 2.20. The van der Waals surface area contributed by atoms with Crippen LogP contribution in [-0.2, 0) is 4.79 Å². The minimum Gasteiger partial charge on any atom is -0.353 e. The van der Waals surface area contributed by atoms with Crippen LogP contribution in [0.4, 0.5) is 0 Å². The number of aryl methyl sites for hydroxylation is 1. The Kier molecular flexibility index (Phi) is 5.37. The normalized spacial score (nSPS) is 11.1. The lowest BCUT2D eigenvalue weighted by atomic mass is 10.2. The van der Waals surface area contributed by atoms with Crippen LogP contribution in [0.3, 0.4) is 0 Å². The number of carbonyl (C=O) groups is 1. The van der Waals surface area contributed by atoms with E-state index in [1.165, 1.54) is 16.3 Å². The Morgan fingerprint density at radius 3 is 2.69 bits per heavy atom. The number of carbonyl (C=O) groups excluding carboxylic acids is 1. The van der Waals surface area contributed by atoms with Crippen molar-refractivity contribution in [2.24, 2.45) is 0 Å². The van der Waals surface area contributed by atoms with Crippen molar-refractivity contribution in [3.63, 3.8) is 0 Å². The van der Waals surface area contributed by atoms with Gasteiger partial charge in [0.05, 0.1) is 16.7 Å². The summed E-state index contributed by atoms with van der Waals surface area (Å²) in [5, 5.41) is 3.81. The first kappa shape index (κ1) is 18.1. The number of nitrogens with zero attached hydrogens (tertiary/aromatic N) is 3. The van der Waals surface area contributed by atoms with Gasteiger partial charge in [-0.15, -0.1) is 0 Å². The zero-order valence-electron chi connectivity index (χ0n) is 14.9. The van der Waals surface area contributed by atoms with Crippen LogP contribution in [0.25, 0.3) is 16.7 Å². The Hall–Kier alpha value is -2.67. The number of rotatable bonds is 5. The third-order valence-corrected chi connectivity index (χ3v) is 4.59. The van der Waals surface area contributed by atoms with Gasteiger partial charge in [0.25, 0.3) is 5.56 Å². The van der Waals surface area contributed by atoms with Gasteiger partial charge in [-0.05, 0) is 44.5 Å². The molecule has 2 heterocycles. The van der Waals surface area contributed by atoms with Gasteiger partial charge in [-0.1, -0.05) is 30.0 Å². The van der Waals surface area contributed by atoms with E-state index in [1.54, 1.807) is 30.5 Å². The maximum Gasteiger partial charge on any atom is 0.267 e. The molecular formula is C19H20N4O2S. The molecule has 6 nitrogen and oxygen atoms in total. The summed E-state index contributed by atoms with van der Waals surface area (Å²) in [6.07, 6.45) is 1.71. The van der Waals surface area contributed by atoms with E-state index < -0.39 is 0 Å². The monoisotopic (exact) mass is 368 g/mol. The van der Waals surface area contributed by atoms with Crippen LogP contribution in [0.2, 0.25) is 0 Å². The van der Waals surface area contributed by atoms with Gasteiger partial charge >= 0.3 is 0 Å². The number of para-hydroxylation sites is 1. The summed E-state index contributed by atoms with van der Waals surface area (Å²) >= 11 is 1.22. The third-order valence-electron chi connectivity index (χ3n) is 3.65. The van der Waals surface area contributed by atoms with E-state index in [9.17, 15) is 9.59 Å². The van der Waals surface area contributed by atoms with Crippen LogP contribution < -0.4 is 10.9 Å². The van der Waals surface area contributed by atoms with Gasteiger partial charge in [-0.25, -0.2) is 14.5 Å². The molecule has 0 saturated heterocycles. The van der Waals surface area contributed by atoms with Crippen molar-refractivity contribution in [3.8, 4) is 5.82 Å². The van der Waals surface area contributed by atoms with Gasteiger partial charge in [-0.2, -0.15) is 0 Å².